The Labute approximate surface area is 103 Å². The quantitative estimate of drug-likeness (QED) is 0.730. The SMILES string of the molecule is CC(C)=C[C@H]1CC(=O)N(Cc2ccccc2)C1. The van der Waals surface area contributed by atoms with Crippen LogP contribution in [0.2, 0.25) is 0 Å². The fourth-order valence-corrected chi connectivity index (χ4v) is 2.34. The van der Waals surface area contributed by atoms with Gasteiger partial charge in [0.25, 0.3) is 0 Å². The lowest BCUT2D eigenvalue weighted by Crippen LogP contribution is -2.24. The van der Waals surface area contributed by atoms with E-state index in [9.17, 15) is 4.79 Å². The lowest BCUT2D eigenvalue weighted by atomic mass is 10.1. The van der Waals surface area contributed by atoms with Crippen LogP contribution in [0.25, 0.3) is 0 Å². The third-order valence-corrected chi connectivity index (χ3v) is 3.03. The maximum Gasteiger partial charge on any atom is 0.223 e. The molecule has 17 heavy (non-hydrogen) atoms. The molecule has 1 aromatic rings. The highest BCUT2D eigenvalue weighted by atomic mass is 16.2. The smallest absolute Gasteiger partial charge is 0.223 e. The van der Waals surface area contributed by atoms with Gasteiger partial charge in [-0.15, -0.1) is 0 Å². The predicted octanol–water partition coefficient (Wildman–Crippen LogP) is 3.00. The van der Waals surface area contributed by atoms with Crippen molar-refractivity contribution in [1.29, 1.82) is 0 Å². The Morgan fingerprint density at radius 3 is 2.71 bits per heavy atom. The zero-order valence-electron chi connectivity index (χ0n) is 10.5. The van der Waals surface area contributed by atoms with Crippen LogP contribution in [-0.2, 0) is 11.3 Å². The molecule has 90 valence electrons. The molecule has 1 atom stereocenters. The standard InChI is InChI=1S/C15H19NO/c1-12(2)8-14-9-15(17)16(11-14)10-13-6-4-3-5-7-13/h3-8,14H,9-11H2,1-2H3/t14-/m0/s1. The van der Waals surface area contributed by atoms with Crippen LogP contribution in [0, 0.1) is 5.92 Å². The predicted molar refractivity (Wildman–Crippen MR) is 69.4 cm³/mol. The van der Waals surface area contributed by atoms with E-state index in [-0.39, 0.29) is 5.91 Å². The first kappa shape index (κ1) is 11.9. The van der Waals surface area contributed by atoms with Gasteiger partial charge in [-0.3, -0.25) is 4.79 Å². The van der Waals surface area contributed by atoms with Crippen LogP contribution in [0.3, 0.4) is 0 Å². The topological polar surface area (TPSA) is 20.3 Å². The first-order valence-electron chi connectivity index (χ1n) is 6.12. The van der Waals surface area contributed by atoms with E-state index in [1.54, 1.807) is 0 Å². The zero-order valence-corrected chi connectivity index (χ0v) is 10.5. The molecule has 1 aliphatic rings. The summed E-state index contributed by atoms with van der Waals surface area (Å²) >= 11 is 0. The Hall–Kier alpha value is -1.57. The summed E-state index contributed by atoms with van der Waals surface area (Å²) in [6.45, 7) is 5.78. The van der Waals surface area contributed by atoms with Crippen molar-refractivity contribution < 1.29 is 4.79 Å². The number of rotatable bonds is 3. The van der Waals surface area contributed by atoms with Crippen LogP contribution < -0.4 is 0 Å². The van der Waals surface area contributed by atoms with Crippen molar-refractivity contribution in [2.75, 3.05) is 6.54 Å². The van der Waals surface area contributed by atoms with Crippen molar-refractivity contribution in [3.63, 3.8) is 0 Å². The van der Waals surface area contributed by atoms with Crippen LogP contribution in [-0.4, -0.2) is 17.4 Å². The highest BCUT2D eigenvalue weighted by Gasteiger charge is 2.27. The molecule has 1 heterocycles. The zero-order chi connectivity index (χ0) is 12.3. The highest BCUT2D eigenvalue weighted by Crippen LogP contribution is 2.22. The van der Waals surface area contributed by atoms with E-state index in [0.29, 0.717) is 12.3 Å². The molecule has 0 unspecified atom stereocenters. The Balaban J connectivity index is 1.99. The monoisotopic (exact) mass is 229 g/mol. The van der Waals surface area contributed by atoms with E-state index in [1.165, 1.54) is 11.1 Å². The molecule has 1 saturated heterocycles. The molecule has 0 aliphatic carbocycles. The van der Waals surface area contributed by atoms with Crippen molar-refractivity contribution in [1.82, 2.24) is 4.90 Å². The number of carbonyl (C=O) groups excluding carboxylic acids is 1. The number of benzene rings is 1. The third kappa shape index (κ3) is 3.19. The minimum atomic E-state index is 0.274. The largest absolute Gasteiger partial charge is 0.338 e. The van der Waals surface area contributed by atoms with E-state index in [4.69, 9.17) is 0 Å². The van der Waals surface area contributed by atoms with Crippen LogP contribution >= 0.6 is 0 Å². The molecule has 0 aromatic heterocycles. The molecule has 2 heteroatoms. The minimum Gasteiger partial charge on any atom is -0.338 e. The van der Waals surface area contributed by atoms with Crippen LogP contribution in [0.1, 0.15) is 25.8 Å². The van der Waals surface area contributed by atoms with Crippen molar-refractivity contribution in [3.8, 4) is 0 Å². The molecule has 0 spiro atoms. The second kappa shape index (κ2) is 5.17. The molecule has 1 amide bonds. The van der Waals surface area contributed by atoms with E-state index in [2.05, 4.69) is 32.1 Å². The normalized spacial score (nSPS) is 19.5. The fraction of sp³-hybridized carbons (Fsp3) is 0.400. The molecular weight excluding hydrogens is 210 g/mol. The number of nitrogens with zero attached hydrogens (tertiary/aromatic N) is 1. The number of hydrogen-bond donors (Lipinski definition) is 0. The summed E-state index contributed by atoms with van der Waals surface area (Å²) in [4.78, 5) is 13.8. The van der Waals surface area contributed by atoms with E-state index in [0.717, 1.165) is 13.1 Å². The summed E-state index contributed by atoms with van der Waals surface area (Å²) in [5, 5.41) is 0. The molecule has 2 nitrogen and oxygen atoms in total. The van der Waals surface area contributed by atoms with Crippen molar-refractivity contribution in [2.24, 2.45) is 5.92 Å². The van der Waals surface area contributed by atoms with Crippen molar-refractivity contribution in [3.05, 3.63) is 47.5 Å². The number of hydrogen-bond acceptors (Lipinski definition) is 1. The molecule has 0 radical (unpaired) electrons. The fourth-order valence-electron chi connectivity index (χ4n) is 2.34. The molecular formula is C15H19NO. The lowest BCUT2D eigenvalue weighted by molar-refractivity contribution is -0.128. The van der Waals surface area contributed by atoms with Gasteiger partial charge < -0.3 is 4.90 Å². The van der Waals surface area contributed by atoms with Crippen molar-refractivity contribution >= 4 is 5.91 Å². The summed E-state index contributed by atoms with van der Waals surface area (Å²) in [5.74, 6) is 0.674. The van der Waals surface area contributed by atoms with E-state index >= 15 is 0 Å². The number of likely N-dealkylation sites (tertiary alicyclic amines) is 1. The molecule has 0 bridgehead atoms. The second-order valence-electron chi connectivity index (χ2n) is 4.97. The van der Waals surface area contributed by atoms with Crippen LogP contribution in [0.15, 0.2) is 42.0 Å². The molecule has 2 rings (SSSR count). The minimum absolute atomic E-state index is 0.274. The van der Waals surface area contributed by atoms with Gasteiger partial charge in [-0.2, -0.15) is 0 Å². The Bertz CT molecular complexity index is 418. The van der Waals surface area contributed by atoms with Gasteiger partial charge in [0, 0.05) is 25.4 Å². The van der Waals surface area contributed by atoms with Gasteiger partial charge in [-0.05, 0) is 19.4 Å². The Morgan fingerprint density at radius 2 is 2.06 bits per heavy atom. The van der Waals surface area contributed by atoms with Gasteiger partial charge in [-0.25, -0.2) is 0 Å². The summed E-state index contributed by atoms with van der Waals surface area (Å²) in [5.41, 5.74) is 2.50. The maximum atomic E-state index is 11.9. The summed E-state index contributed by atoms with van der Waals surface area (Å²) < 4.78 is 0. The summed E-state index contributed by atoms with van der Waals surface area (Å²) in [6.07, 6.45) is 2.88. The van der Waals surface area contributed by atoms with Gasteiger partial charge >= 0.3 is 0 Å². The molecule has 0 N–H and O–H groups in total. The van der Waals surface area contributed by atoms with Crippen molar-refractivity contribution in [2.45, 2.75) is 26.8 Å². The van der Waals surface area contributed by atoms with Gasteiger partial charge in [0.05, 0.1) is 0 Å². The number of carbonyl (C=O) groups is 1. The van der Waals surface area contributed by atoms with E-state index < -0.39 is 0 Å². The Morgan fingerprint density at radius 1 is 1.35 bits per heavy atom. The number of amides is 1. The first-order valence-corrected chi connectivity index (χ1v) is 6.12. The van der Waals surface area contributed by atoms with Gasteiger partial charge in [0.15, 0.2) is 0 Å². The van der Waals surface area contributed by atoms with Gasteiger partial charge in [-0.1, -0.05) is 42.0 Å². The van der Waals surface area contributed by atoms with Gasteiger partial charge in [0.1, 0.15) is 0 Å². The molecule has 1 aliphatic heterocycles. The third-order valence-electron chi connectivity index (χ3n) is 3.03. The molecule has 1 fully saturated rings. The maximum absolute atomic E-state index is 11.9. The highest BCUT2D eigenvalue weighted by molar-refractivity contribution is 5.79. The second-order valence-corrected chi connectivity index (χ2v) is 4.97. The van der Waals surface area contributed by atoms with Crippen LogP contribution in [0.5, 0.6) is 0 Å². The average Bonchev–Trinajstić information content (AvgIpc) is 2.59. The summed E-state index contributed by atoms with van der Waals surface area (Å²) in [6, 6.07) is 10.2. The average molecular weight is 229 g/mol. The van der Waals surface area contributed by atoms with Gasteiger partial charge in [0.2, 0.25) is 5.91 Å². The lowest BCUT2D eigenvalue weighted by Gasteiger charge is -2.16. The van der Waals surface area contributed by atoms with Crippen LogP contribution in [0.4, 0.5) is 0 Å². The molecule has 0 saturated carbocycles. The summed E-state index contributed by atoms with van der Waals surface area (Å²) in [7, 11) is 0. The first-order chi connectivity index (χ1) is 8.15. The molecule has 1 aromatic carbocycles. The Kier molecular flexibility index (Phi) is 3.62. The van der Waals surface area contributed by atoms with E-state index in [1.807, 2.05) is 23.1 Å². The number of allylic oxidation sites excluding steroid dienone is 1.